The average molecular weight is 456 g/mol. The number of nitrogens with zero attached hydrogens (tertiary/aromatic N) is 5. The second-order valence-electron chi connectivity index (χ2n) is 8.64. The molecule has 6 N–H and O–H groups in total. The number of rotatable bonds is 6. The summed E-state index contributed by atoms with van der Waals surface area (Å²) in [6.07, 6.45) is 10.8. The lowest BCUT2D eigenvalue weighted by Gasteiger charge is -2.35. The molecule has 1 amide bonds. The zero-order valence-corrected chi connectivity index (χ0v) is 18.3. The summed E-state index contributed by atoms with van der Waals surface area (Å²) in [7, 11) is 0. The minimum atomic E-state index is -0.710. The van der Waals surface area contributed by atoms with Gasteiger partial charge in [0, 0.05) is 49.7 Å². The molecule has 12 nitrogen and oxygen atoms in total. The van der Waals surface area contributed by atoms with E-state index in [1.54, 1.807) is 0 Å². The second kappa shape index (κ2) is 9.41. The number of aromatic nitrogens is 3. The van der Waals surface area contributed by atoms with Gasteiger partial charge >= 0.3 is 0 Å². The zero-order chi connectivity index (χ0) is 22.8. The Morgan fingerprint density at radius 2 is 1.97 bits per heavy atom. The maximum atomic E-state index is 11.9. The maximum Gasteiger partial charge on any atom is 0.273 e. The third-order valence-corrected chi connectivity index (χ3v) is 6.38. The summed E-state index contributed by atoms with van der Waals surface area (Å²) in [4.78, 5) is 16.4. The Morgan fingerprint density at radius 1 is 1.15 bits per heavy atom. The van der Waals surface area contributed by atoms with Gasteiger partial charge in [-0.2, -0.15) is 10.1 Å². The number of nitrogens with two attached hydrogens (primary N) is 2. The lowest BCUT2D eigenvalue weighted by molar-refractivity contribution is 0.0278. The number of primary amides is 1. The number of nitrogens with one attached hydrogen (secondary N) is 2. The highest BCUT2D eigenvalue weighted by molar-refractivity contribution is 5.95. The van der Waals surface area contributed by atoms with Crippen LogP contribution in [0.5, 0.6) is 0 Å². The lowest BCUT2D eigenvalue weighted by Crippen LogP contribution is -2.48. The number of hydrazone groups is 1. The van der Waals surface area contributed by atoms with Crippen molar-refractivity contribution in [1.29, 1.82) is 0 Å². The highest BCUT2D eigenvalue weighted by atomic mass is 16.5. The lowest BCUT2D eigenvalue weighted by atomic mass is 9.93. The van der Waals surface area contributed by atoms with Crippen LogP contribution in [0, 0.1) is 5.92 Å². The number of amides is 1. The van der Waals surface area contributed by atoms with E-state index < -0.39 is 5.91 Å². The molecule has 0 saturated carbocycles. The molecular formula is C21H29N9O3. The quantitative estimate of drug-likeness (QED) is 0.452. The van der Waals surface area contributed by atoms with Crippen LogP contribution in [-0.2, 0) is 9.47 Å². The number of hydrogen-bond donors (Lipinski definition) is 4. The third-order valence-electron chi connectivity index (χ3n) is 6.38. The number of anilines is 2. The van der Waals surface area contributed by atoms with Crippen molar-refractivity contribution in [3.8, 4) is 0 Å². The van der Waals surface area contributed by atoms with Crippen LogP contribution in [0.25, 0.3) is 0 Å². The van der Waals surface area contributed by atoms with Crippen LogP contribution in [0.4, 0.5) is 11.8 Å². The van der Waals surface area contributed by atoms with Crippen molar-refractivity contribution in [2.75, 3.05) is 37.1 Å². The first-order chi connectivity index (χ1) is 16.1. The molecule has 5 rings (SSSR count). The number of hydrogen-bond acceptors (Lipinski definition) is 11. The van der Waals surface area contributed by atoms with Crippen molar-refractivity contribution in [1.82, 2.24) is 20.2 Å². The molecule has 3 aliphatic heterocycles. The molecule has 2 unspecified atom stereocenters. The number of carbonyl (C=O) groups excluding carboxylic acids is 1. The summed E-state index contributed by atoms with van der Waals surface area (Å²) in [5.74, 6) is -0.0781. The predicted molar refractivity (Wildman–Crippen MR) is 121 cm³/mol. The molecule has 2 fully saturated rings. The fourth-order valence-corrected chi connectivity index (χ4v) is 4.57. The Bertz CT molecular complexity index is 976. The summed E-state index contributed by atoms with van der Waals surface area (Å²) < 4.78 is 10.9. The highest BCUT2D eigenvalue weighted by Crippen LogP contribution is 2.31. The molecule has 4 atom stereocenters. The van der Waals surface area contributed by atoms with E-state index >= 15 is 0 Å². The summed E-state index contributed by atoms with van der Waals surface area (Å²) in [6.45, 7) is 2.61. The SMILES string of the molecule is NC(=O)c1nnc(N[C@@H]2CCOC[C@@H]2N)nc1NC1=CC2C=NN(C3CCOCC3)C2C=C1. The van der Waals surface area contributed by atoms with Crippen molar-refractivity contribution in [3.05, 3.63) is 29.6 Å². The minimum absolute atomic E-state index is 0.0304. The zero-order valence-electron chi connectivity index (χ0n) is 18.3. The van der Waals surface area contributed by atoms with Gasteiger partial charge in [0.2, 0.25) is 5.95 Å². The van der Waals surface area contributed by atoms with E-state index in [2.05, 4.69) is 48.1 Å². The first kappa shape index (κ1) is 21.7. The summed E-state index contributed by atoms with van der Waals surface area (Å²) in [5, 5.41) is 21.2. The molecule has 0 spiro atoms. The summed E-state index contributed by atoms with van der Waals surface area (Å²) in [6, 6.07) is 0.323. The molecule has 33 heavy (non-hydrogen) atoms. The van der Waals surface area contributed by atoms with Gasteiger partial charge in [-0.3, -0.25) is 9.80 Å². The van der Waals surface area contributed by atoms with Crippen LogP contribution in [0.15, 0.2) is 29.0 Å². The van der Waals surface area contributed by atoms with E-state index in [0.29, 0.717) is 19.3 Å². The normalized spacial score (nSPS) is 29.5. The second-order valence-corrected chi connectivity index (χ2v) is 8.64. The van der Waals surface area contributed by atoms with Gasteiger partial charge in [-0.25, -0.2) is 0 Å². The molecule has 4 aliphatic rings. The predicted octanol–water partition coefficient (Wildman–Crippen LogP) is -0.171. The Hall–Kier alpha value is -3.09. The molecule has 2 saturated heterocycles. The molecule has 0 radical (unpaired) electrons. The fraction of sp³-hybridized carbons (Fsp3) is 0.571. The van der Waals surface area contributed by atoms with Crippen LogP contribution in [-0.4, -0.2) is 82.9 Å². The van der Waals surface area contributed by atoms with E-state index in [0.717, 1.165) is 38.2 Å². The van der Waals surface area contributed by atoms with Gasteiger partial charge in [-0.15, -0.1) is 10.2 Å². The Kier molecular flexibility index (Phi) is 6.20. The number of allylic oxidation sites excluding steroid dienone is 1. The molecule has 1 aromatic rings. The third kappa shape index (κ3) is 4.68. The van der Waals surface area contributed by atoms with Gasteiger partial charge < -0.3 is 31.6 Å². The average Bonchev–Trinajstić information content (AvgIpc) is 3.24. The van der Waals surface area contributed by atoms with Crippen molar-refractivity contribution in [3.63, 3.8) is 0 Å². The highest BCUT2D eigenvalue weighted by Gasteiger charge is 2.35. The van der Waals surface area contributed by atoms with Gasteiger partial charge in [0.1, 0.15) is 0 Å². The molecule has 176 valence electrons. The molecule has 12 heteroatoms. The molecule has 4 heterocycles. The molecule has 1 aliphatic carbocycles. The minimum Gasteiger partial charge on any atom is -0.381 e. The van der Waals surface area contributed by atoms with E-state index in [1.807, 2.05) is 12.3 Å². The topological polar surface area (TPSA) is 166 Å². The van der Waals surface area contributed by atoms with Gasteiger partial charge in [0.25, 0.3) is 5.91 Å². The summed E-state index contributed by atoms with van der Waals surface area (Å²) in [5.41, 5.74) is 12.4. The monoisotopic (exact) mass is 455 g/mol. The van der Waals surface area contributed by atoms with Gasteiger partial charge in [-0.1, -0.05) is 6.08 Å². The van der Waals surface area contributed by atoms with Crippen LogP contribution in [0.3, 0.4) is 0 Å². The largest absolute Gasteiger partial charge is 0.381 e. The van der Waals surface area contributed by atoms with Crippen LogP contribution < -0.4 is 22.1 Å². The molecule has 0 aromatic carbocycles. The Labute approximate surface area is 191 Å². The van der Waals surface area contributed by atoms with E-state index in [-0.39, 0.29) is 41.5 Å². The van der Waals surface area contributed by atoms with Crippen molar-refractivity contribution in [2.45, 2.75) is 43.4 Å². The van der Waals surface area contributed by atoms with Gasteiger partial charge in [0.05, 0.1) is 18.7 Å². The van der Waals surface area contributed by atoms with Crippen LogP contribution in [0.2, 0.25) is 0 Å². The number of ether oxygens (including phenoxy) is 2. The van der Waals surface area contributed by atoms with Crippen LogP contribution >= 0.6 is 0 Å². The van der Waals surface area contributed by atoms with Crippen molar-refractivity contribution >= 4 is 23.9 Å². The van der Waals surface area contributed by atoms with E-state index in [9.17, 15) is 4.79 Å². The molecular weight excluding hydrogens is 426 g/mol. The first-order valence-corrected chi connectivity index (χ1v) is 11.3. The van der Waals surface area contributed by atoms with E-state index in [4.69, 9.17) is 20.9 Å². The van der Waals surface area contributed by atoms with E-state index in [1.165, 1.54) is 0 Å². The molecule has 0 bridgehead atoms. The first-order valence-electron chi connectivity index (χ1n) is 11.3. The van der Waals surface area contributed by atoms with Gasteiger partial charge in [0.15, 0.2) is 11.5 Å². The Balaban J connectivity index is 1.31. The van der Waals surface area contributed by atoms with Crippen molar-refractivity contribution in [2.24, 2.45) is 22.5 Å². The Morgan fingerprint density at radius 3 is 2.76 bits per heavy atom. The van der Waals surface area contributed by atoms with Gasteiger partial charge in [-0.05, 0) is 31.4 Å². The number of fused-ring (bicyclic) bond motifs is 1. The summed E-state index contributed by atoms with van der Waals surface area (Å²) >= 11 is 0. The maximum absolute atomic E-state index is 11.9. The van der Waals surface area contributed by atoms with Crippen molar-refractivity contribution < 1.29 is 14.3 Å². The number of carbonyl (C=O) groups is 1. The fourth-order valence-electron chi connectivity index (χ4n) is 4.57. The smallest absolute Gasteiger partial charge is 0.273 e. The standard InChI is InChI=1S/C21H29N9O3/c22-15-11-33-8-5-16(15)26-21-27-20(18(19(23)31)28-29-21)25-13-1-2-17-12(9-13)10-24-30(17)14-3-6-32-7-4-14/h1-2,9-10,12,14-17H,3-8,11,22H2,(H2,23,31)(H2,25,26,27,29)/t12?,15-,16+,17?/m0/s1. The van der Waals surface area contributed by atoms with Crippen LogP contribution in [0.1, 0.15) is 29.8 Å². The molecule has 1 aromatic heterocycles.